The number of nitrogens with zero attached hydrogens (tertiary/aromatic N) is 1. The van der Waals surface area contributed by atoms with Gasteiger partial charge in [0.15, 0.2) is 5.78 Å². The molecule has 0 radical (unpaired) electrons. The first kappa shape index (κ1) is 19.7. The minimum Gasteiger partial charge on any atom is -0.451 e. The molecule has 5 nitrogen and oxygen atoms in total. The third-order valence-corrected chi connectivity index (χ3v) is 3.17. The summed E-state index contributed by atoms with van der Waals surface area (Å²) in [7, 11) is 0.908. The summed E-state index contributed by atoms with van der Waals surface area (Å²) < 4.78 is 48.1. The number of carbonyl (C=O) groups excluding carboxylic acids is 2. The van der Waals surface area contributed by atoms with Crippen molar-refractivity contribution in [2.24, 2.45) is 4.99 Å². The number of alkyl halides is 3. The fourth-order valence-corrected chi connectivity index (χ4v) is 1.99. The lowest BCUT2D eigenvalue weighted by molar-refractivity contribution is -0.0712. The maximum Gasteiger partial charge on any atom is 0.469 e. The number of methoxy groups -OCH3 is 1. The van der Waals surface area contributed by atoms with Gasteiger partial charge in [0.05, 0.1) is 7.11 Å². The predicted molar refractivity (Wildman–Crippen MR) is 81.8 cm³/mol. The van der Waals surface area contributed by atoms with Crippen LogP contribution in [0.1, 0.15) is 48.2 Å². The molecule has 0 aliphatic rings. The van der Waals surface area contributed by atoms with Gasteiger partial charge in [0.25, 0.3) is 0 Å². The largest absolute Gasteiger partial charge is 0.469 e. The van der Waals surface area contributed by atoms with Gasteiger partial charge in [-0.25, -0.2) is 4.79 Å². The summed E-state index contributed by atoms with van der Waals surface area (Å²) in [6, 6.07) is 2.81. The number of ketones is 1. The van der Waals surface area contributed by atoms with Crippen LogP contribution in [-0.4, -0.2) is 31.1 Å². The molecule has 0 unspecified atom stereocenters. The molecule has 1 rings (SSSR count). The molecule has 1 aromatic carbocycles. The Kier molecular flexibility index (Phi) is 6.11. The minimum atomic E-state index is -4.98. The fraction of sp³-hybridized carbons (Fsp3) is 0.438. The molecule has 0 bridgehead atoms. The predicted octanol–water partition coefficient (Wildman–Crippen LogP) is 4.43. The zero-order valence-electron chi connectivity index (χ0n) is 13.9. The van der Waals surface area contributed by atoms with E-state index < -0.39 is 18.2 Å². The molecule has 0 aliphatic heterocycles. The maximum atomic E-state index is 13.0. The smallest absolute Gasteiger partial charge is 0.451 e. The number of halogens is 3. The van der Waals surface area contributed by atoms with Gasteiger partial charge in [0.2, 0.25) is 0 Å². The number of rotatable bonds is 3. The van der Waals surface area contributed by atoms with Crippen molar-refractivity contribution < 1.29 is 32.2 Å². The molecule has 1 aromatic rings. The molecule has 0 saturated carbocycles. The highest BCUT2D eigenvalue weighted by molar-refractivity contribution is 5.96. The van der Waals surface area contributed by atoms with E-state index >= 15 is 0 Å². The summed E-state index contributed by atoms with van der Waals surface area (Å²) in [6.45, 7) is 6.43. The molecule has 0 atom stereocenters. The van der Waals surface area contributed by atoms with Crippen LogP contribution in [0.25, 0.3) is 0 Å². The van der Waals surface area contributed by atoms with Gasteiger partial charge in [-0.3, -0.25) is 4.79 Å². The number of amides is 1. The number of hydrogen-bond donors (Lipinski definition) is 0. The Balaban J connectivity index is 3.43. The van der Waals surface area contributed by atoms with Gasteiger partial charge < -0.3 is 9.47 Å². The highest BCUT2D eigenvalue weighted by Gasteiger charge is 2.40. The van der Waals surface area contributed by atoms with E-state index in [2.05, 4.69) is 9.73 Å². The third-order valence-electron chi connectivity index (χ3n) is 3.17. The van der Waals surface area contributed by atoms with Crippen LogP contribution in [0.2, 0.25) is 0 Å². The molecular weight excluding hydrogens is 327 g/mol. The molecule has 24 heavy (non-hydrogen) atoms. The normalized spacial score (nSPS) is 12.3. The van der Waals surface area contributed by atoms with E-state index in [1.54, 1.807) is 20.8 Å². The van der Waals surface area contributed by atoms with Crippen molar-refractivity contribution in [3.8, 4) is 5.75 Å². The van der Waals surface area contributed by atoms with E-state index in [1.807, 2.05) is 0 Å². The molecular formula is C16H18F3NO4. The van der Waals surface area contributed by atoms with Crippen molar-refractivity contribution >= 4 is 17.8 Å². The quantitative estimate of drug-likeness (QED) is 0.462. The Morgan fingerprint density at radius 2 is 1.79 bits per heavy atom. The summed E-state index contributed by atoms with van der Waals surface area (Å²) in [4.78, 5) is 25.5. The highest BCUT2D eigenvalue weighted by Crippen LogP contribution is 2.32. The van der Waals surface area contributed by atoms with E-state index in [4.69, 9.17) is 4.74 Å². The Morgan fingerprint density at radius 1 is 1.21 bits per heavy atom. The molecule has 0 saturated heterocycles. The summed E-state index contributed by atoms with van der Waals surface area (Å²) in [6.07, 6.45) is -6.40. The van der Waals surface area contributed by atoms with Gasteiger partial charge in [0, 0.05) is 5.56 Å². The van der Waals surface area contributed by atoms with Gasteiger partial charge in [-0.05, 0) is 43.0 Å². The Hall–Kier alpha value is -2.38. The zero-order chi connectivity index (χ0) is 18.7. The number of benzene rings is 1. The Labute approximate surface area is 137 Å². The molecule has 1 amide bonds. The lowest BCUT2D eigenvalue weighted by Gasteiger charge is -2.18. The molecule has 132 valence electrons. The van der Waals surface area contributed by atoms with E-state index in [0.29, 0.717) is 16.7 Å². The molecule has 8 heteroatoms. The number of hydrogen-bond acceptors (Lipinski definition) is 4. The fourth-order valence-electron chi connectivity index (χ4n) is 1.99. The monoisotopic (exact) mass is 345 g/mol. The topological polar surface area (TPSA) is 65.0 Å². The van der Waals surface area contributed by atoms with Crippen LogP contribution in [0.3, 0.4) is 0 Å². The first-order chi connectivity index (χ1) is 11.0. The average molecular weight is 345 g/mol. The van der Waals surface area contributed by atoms with E-state index in [9.17, 15) is 22.8 Å². The summed E-state index contributed by atoms with van der Waals surface area (Å²) >= 11 is 0. The lowest BCUT2D eigenvalue weighted by atomic mass is 9.95. The van der Waals surface area contributed by atoms with Gasteiger partial charge in [0.1, 0.15) is 5.75 Å². The number of Topliss-reactive ketones (excluding diaryl/α,β-unsaturated/α-hetero) is 1. The number of aliphatic imine (C=N–C) groups is 1. The van der Waals surface area contributed by atoms with Gasteiger partial charge >= 0.3 is 18.2 Å². The average Bonchev–Trinajstić information content (AvgIpc) is 2.44. The number of carbonyl (C=O) groups is 2. The van der Waals surface area contributed by atoms with Crippen LogP contribution >= 0.6 is 0 Å². The van der Waals surface area contributed by atoms with Crippen LogP contribution in [0.4, 0.5) is 18.0 Å². The van der Waals surface area contributed by atoms with Gasteiger partial charge in [-0.15, -0.1) is 4.99 Å². The van der Waals surface area contributed by atoms with Crippen molar-refractivity contribution in [3.63, 3.8) is 0 Å². The van der Waals surface area contributed by atoms with Crippen LogP contribution in [0, 0.1) is 6.92 Å². The third kappa shape index (κ3) is 4.81. The van der Waals surface area contributed by atoms with Crippen molar-refractivity contribution in [1.82, 2.24) is 0 Å². The minimum absolute atomic E-state index is 0.118. The number of aryl methyl sites for hydroxylation is 1. The second kappa shape index (κ2) is 7.46. The van der Waals surface area contributed by atoms with E-state index in [-0.39, 0.29) is 17.5 Å². The Morgan fingerprint density at radius 3 is 2.21 bits per heavy atom. The van der Waals surface area contributed by atoms with Crippen LogP contribution in [0.5, 0.6) is 5.75 Å². The highest BCUT2D eigenvalue weighted by atomic mass is 19.4. The summed E-state index contributed by atoms with van der Waals surface area (Å²) in [5.41, 5.74) is 1.25. The van der Waals surface area contributed by atoms with Gasteiger partial charge in [-0.1, -0.05) is 13.8 Å². The SMILES string of the molecule is COC(=O)N=C(Oc1cc(C)c(C(C)=O)cc1C(C)C)C(F)(F)F. The second-order valence-corrected chi connectivity index (χ2v) is 5.40. The van der Waals surface area contributed by atoms with E-state index in [1.165, 1.54) is 19.1 Å². The zero-order valence-corrected chi connectivity index (χ0v) is 13.9. The van der Waals surface area contributed by atoms with Crippen LogP contribution < -0.4 is 4.74 Å². The molecule has 0 spiro atoms. The lowest BCUT2D eigenvalue weighted by Crippen LogP contribution is -2.30. The first-order valence-electron chi connectivity index (χ1n) is 7.04. The molecule has 0 heterocycles. The van der Waals surface area contributed by atoms with Crippen molar-refractivity contribution in [1.29, 1.82) is 0 Å². The molecule has 0 fully saturated rings. The first-order valence-corrected chi connectivity index (χ1v) is 7.04. The van der Waals surface area contributed by atoms with Crippen LogP contribution in [0.15, 0.2) is 17.1 Å². The maximum absolute atomic E-state index is 13.0. The molecule has 0 N–H and O–H groups in total. The summed E-state index contributed by atoms with van der Waals surface area (Å²) in [5.74, 6) is -2.27. The van der Waals surface area contributed by atoms with Crippen molar-refractivity contribution in [2.75, 3.05) is 7.11 Å². The van der Waals surface area contributed by atoms with E-state index in [0.717, 1.165) is 7.11 Å². The van der Waals surface area contributed by atoms with Crippen LogP contribution in [-0.2, 0) is 4.74 Å². The van der Waals surface area contributed by atoms with Crippen molar-refractivity contribution in [3.05, 3.63) is 28.8 Å². The standard InChI is InChI=1S/C16H18F3NO4/c1-8(2)11-7-12(10(4)21)9(3)6-13(11)24-14(16(17,18)19)20-15(22)23-5/h6-8H,1-5H3. The molecule has 0 aliphatic carbocycles. The van der Waals surface area contributed by atoms with Gasteiger partial charge in [-0.2, -0.15) is 13.2 Å². The van der Waals surface area contributed by atoms with Crippen molar-refractivity contribution in [2.45, 2.75) is 39.8 Å². The molecule has 0 aromatic heterocycles. The second-order valence-electron chi connectivity index (χ2n) is 5.40. The Bertz CT molecular complexity index is 679. The number of ether oxygens (including phenoxy) is 2. The summed E-state index contributed by atoms with van der Waals surface area (Å²) in [5, 5.41) is 0.